The Morgan fingerprint density at radius 1 is 0.894 bits per heavy atom. The average Bonchev–Trinajstić information content (AvgIpc) is 3.02. The lowest BCUT2D eigenvalue weighted by atomic mass is 10.0. The van der Waals surface area contributed by atoms with Crippen molar-refractivity contribution in [2.24, 2.45) is 0 Å². The van der Waals surface area contributed by atoms with E-state index < -0.39 is 40.0 Å². The lowest BCUT2D eigenvalue weighted by molar-refractivity contribution is -0.140. The highest BCUT2D eigenvalue weighted by molar-refractivity contribution is 7.92. The van der Waals surface area contributed by atoms with Crippen molar-refractivity contribution in [3.8, 4) is 5.75 Å². The van der Waals surface area contributed by atoms with E-state index in [4.69, 9.17) is 27.9 Å². The van der Waals surface area contributed by atoms with Crippen molar-refractivity contribution in [2.75, 3.05) is 18.0 Å². The molecule has 47 heavy (non-hydrogen) atoms. The first-order valence-electron chi connectivity index (χ1n) is 15.0. The smallest absolute Gasteiger partial charge is 0.264 e. The van der Waals surface area contributed by atoms with E-state index >= 15 is 0 Å². The molecule has 1 atom stereocenters. The van der Waals surface area contributed by atoms with E-state index in [1.807, 2.05) is 58.0 Å². The molecule has 0 heterocycles. The molecule has 2 amide bonds. The molecule has 4 aromatic carbocycles. The van der Waals surface area contributed by atoms with E-state index in [2.05, 4.69) is 5.32 Å². The number of aryl methyl sites for hydroxylation is 1. The molecule has 0 aliphatic carbocycles. The van der Waals surface area contributed by atoms with Gasteiger partial charge in [0.05, 0.1) is 17.7 Å². The molecule has 0 saturated heterocycles. The molecular weight excluding hydrogens is 657 g/mol. The van der Waals surface area contributed by atoms with E-state index in [9.17, 15) is 18.0 Å². The lowest BCUT2D eigenvalue weighted by Crippen LogP contribution is -2.56. The van der Waals surface area contributed by atoms with Gasteiger partial charge in [-0.3, -0.25) is 13.9 Å². The zero-order valence-corrected chi connectivity index (χ0v) is 29.4. The number of benzene rings is 4. The molecule has 0 aliphatic rings. The van der Waals surface area contributed by atoms with Gasteiger partial charge in [-0.15, -0.1) is 0 Å². The minimum absolute atomic E-state index is 0.0114. The molecule has 0 spiro atoms. The molecule has 0 fully saturated rings. The van der Waals surface area contributed by atoms with Crippen molar-refractivity contribution in [3.63, 3.8) is 0 Å². The number of methoxy groups -OCH3 is 1. The van der Waals surface area contributed by atoms with E-state index in [0.717, 1.165) is 15.4 Å². The molecule has 4 aromatic rings. The third kappa shape index (κ3) is 9.50. The van der Waals surface area contributed by atoms with E-state index in [-0.39, 0.29) is 23.5 Å². The van der Waals surface area contributed by atoms with Gasteiger partial charge in [0.2, 0.25) is 11.8 Å². The number of carbonyl (C=O) groups excluding carboxylic acids is 2. The lowest BCUT2D eigenvalue weighted by Gasteiger charge is -2.35. The second kappa shape index (κ2) is 15.2. The fourth-order valence-corrected chi connectivity index (χ4v) is 6.85. The Morgan fingerprint density at radius 2 is 1.57 bits per heavy atom. The van der Waals surface area contributed by atoms with Crippen molar-refractivity contribution < 1.29 is 22.7 Å². The summed E-state index contributed by atoms with van der Waals surface area (Å²) in [5.74, 6) is -0.594. The van der Waals surface area contributed by atoms with Gasteiger partial charge in [-0.05, 0) is 75.2 Å². The topological polar surface area (TPSA) is 96.0 Å². The fourth-order valence-electron chi connectivity index (χ4n) is 4.97. The maximum Gasteiger partial charge on any atom is 0.264 e. The third-order valence-electron chi connectivity index (χ3n) is 7.35. The molecule has 4 rings (SSSR count). The van der Waals surface area contributed by atoms with Crippen LogP contribution in [-0.4, -0.2) is 50.4 Å². The van der Waals surface area contributed by atoms with Gasteiger partial charge in [-0.1, -0.05) is 83.4 Å². The number of hydrogen-bond acceptors (Lipinski definition) is 5. The molecule has 248 valence electrons. The molecule has 0 aliphatic heterocycles. The second-order valence-corrected chi connectivity index (χ2v) is 14.9. The van der Waals surface area contributed by atoms with Crippen LogP contribution >= 0.6 is 23.2 Å². The molecular formula is C36H39Cl2N3O5S. The summed E-state index contributed by atoms with van der Waals surface area (Å²) in [6.45, 7) is 6.72. The quantitative estimate of drug-likeness (QED) is 0.171. The van der Waals surface area contributed by atoms with Crippen molar-refractivity contribution in [1.82, 2.24) is 10.2 Å². The van der Waals surface area contributed by atoms with Gasteiger partial charge in [0.15, 0.2) is 0 Å². The average molecular weight is 697 g/mol. The summed E-state index contributed by atoms with van der Waals surface area (Å²) in [4.78, 5) is 30.1. The molecule has 8 nitrogen and oxygen atoms in total. The second-order valence-electron chi connectivity index (χ2n) is 12.2. The summed E-state index contributed by atoms with van der Waals surface area (Å²) in [6, 6.07) is 26.1. The molecule has 0 bridgehead atoms. The van der Waals surface area contributed by atoms with Gasteiger partial charge in [-0.25, -0.2) is 8.42 Å². The van der Waals surface area contributed by atoms with Crippen molar-refractivity contribution in [3.05, 3.63) is 124 Å². The van der Waals surface area contributed by atoms with Gasteiger partial charge >= 0.3 is 0 Å². The minimum atomic E-state index is -4.26. The van der Waals surface area contributed by atoms with Gasteiger partial charge in [0.1, 0.15) is 18.3 Å². The number of hydrogen-bond donors (Lipinski definition) is 1. The maximum atomic E-state index is 14.6. The van der Waals surface area contributed by atoms with Crippen molar-refractivity contribution in [2.45, 2.75) is 57.1 Å². The maximum absolute atomic E-state index is 14.6. The molecule has 0 saturated carbocycles. The number of anilines is 1. The number of amides is 2. The monoisotopic (exact) mass is 695 g/mol. The zero-order valence-electron chi connectivity index (χ0n) is 27.0. The SMILES string of the molecule is COc1cccc(N(CC(=O)N(Cc2ccc(Cl)cc2Cl)[C@@H](Cc2ccccc2)C(=O)NC(C)(C)C)S(=O)(=O)c2ccc(C)cc2)c1. The Morgan fingerprint density at radius 3 is 2.19 bits per heavy atom. The predicted octanol–water partition coefficient (Wildman–Crippen LogP) is 7.06. The van der Waals surface area contributed by atoms with Crippen LogP contribution in [0.5, 0.6) is 5.75 Å². The van der Waals surface area contributed by atoms with E-state index in [1.54, 1.807) is 54.6 Å². The van der Waals surface area contributed by atoms with Gasteiger partial charge in [-0.2, -0.15) is 0 Å². The number of carbonyl (C=O) groups is 2. The van der Waals surface area contributed by atoms with Gasteiger partial charge in [0.25, 0.3) is 10.0 Å². The van der Waals surface area contributed by atoms with Crippen LogP contribution in [0.3, 0.4) is 0 Å². The highest BCUT2D eigenvalue weighted by Gasteiger charge is 2.36. The highest BCUT2D eigenvalue weighted by atomic mass is 35.5. The summed E-state index contributed by atoms with van der Waals surface area (Å²) < 4.78 is 34.9. The largest absolute Gasteiger partial charge is 0.497 e. The normalized spacial score (nSPS) is 12.2. The number of ether oxygens (including phenoxy) is 1. The number of sulfonamides is 1. The summed E-state index contributed by atoms with van der Waals surface area (Å²) in [7, 11) is -2.78. The van der Waals surface area contributed by atoms with Crippen LogP contribution in [0.1, 0.15) is 37.5 Å². The molecule has 0 radical (unpaired) electrons. The van der Waals surface area contributed by atoms with Crippen LogP contribution in [0.4, 0.5) is 5.69 Å². The number of nitrogens with one attached hydrogen (secondary N) is 1. The van der Waals surface area contributed by atoms with Crippen LogP contribution in [0.25, 0.3) is 0 Å². The Hall–Kier alpha value is -4.05. The number of halogens is 2. The minimum Gasteiger partial charge on any atom is -0.497 e. The Balaban J connectivity index is 1.85. The predicted molar refractivity (Wildman–Crippen MR) is 188 cm³/mol. The first-order chi connectivity index (χ1) is 22.2. The standard InChI is InChI=1S/C36H39Cl2N3O5S/c1-25-14-18-31(19-15-25)47(44,45)41(29-12-9-13-30(22-29)46-5)24-34(42)40(23-27-16-17-28(37)21-32(27)38)33(35(43)39-36(2,3)4)20-26-10-7-6-8-11-26/h6-19,21-22,33H,20,23-24H2,1-5H3,(H,39,43)/t33-/m0/s1. The zero-order chi connectivity index (χ0) is 34.4. The van der Waals surface area contributed by atoms with Crippen LogP contribution in [0, 0.1) is 6.92 Å². The molecule has 11 heteroatoms. The van der Waals surface area contributed by atoms with E-state index in [1.165, 1.54) is 24.1 Å². The summed E-state index contributed by atoms with van der Waals surface area (Å²) >= 11 is 12.8. The van der Waals surface area contributed by atoms with Gasteiger partial charge < -0.3 is 15.0 Å². The first-order valence-corrected chi connectivity index (χ1v) is 17.2. The first kappa shape index (κ1) is 35.8. The number of nitrogens with zero attached hydrogens (tertiary/aromatic N) is 2. The summed E-state index contributed by atoms with van der Waals surface area (Å²) in [6.07, 6.45) is 0.170. The van der Waals surface area contributed by atoms with Crippen LogP contribution < -0.4 is 14.4 Å². The highest BCUT2D eigenvalue weighted by Crippen LogP contribution is 2.29. The van der Waals surface area contributed by atoms with Gasteiger partial charge in [0, 0.05) is 34.6 Å². The Labute approximate surface area is 287 Å². The molecule has 1 N–H and O–H groups in total. The van der Waals surface area contributed by atoms with Crippen LogP contribution in [0.2, 0.25) is 10.0 Å². The van der Waals surface area contributed by atoms with Crippen LogP contribution in [0.15, 0.2) is 102 Å². The molecule has 0 unspecified atom stereocenters. The van der Waals surface area contributed by atoms with Crippen LogP contribution in [-0.2, 0) is 32.6 Å². The fraction of sp³-hybridized carbons (Fsp3) is 0.278. The number of rotatable bonds is 12. The molecule has 0 aromatic heterocycles. The third-order valence-corrected chi connectivity index (χ3v) is 9.73. The summed E-state index contributed by atoms with van der Waals surface area (Å²) in [5, 5.41) is 3.73. The summed E-state index contributed by atoms with van der Waals surface area (Å²) in [5.41, 5.74) is 1.85. The Bertz CT molecular complexity index is 1810. The van der Waals surface area contributed by atoms with Crippen molar-refractivity contribution in [1.29, 1.82) is 0 Å². The van der Waals surface area contributed by atoms with E-state index in [0.29, 0.717) is 21.4 Å². The Kier molecular flexibility index (Phi) is 11.6. The van der Waals surface area contributed by atoms with Crippen molar-refractivity contribution >= 4 is 50.7 Å².